The molecule has 22 heavy (non-hydrogen) atoms. The summed E-state index contributed by atoms with van der Waals surface area (Å²) in [6, 6.07) is 6.38. The molecule has 118 valence electrons. The van der Waals surface area contributed by atoms with Crippen LogP contribution in [0.5, 0.6) is 0 Å². The van der Waals surface area contributed by atoms with Crippen molar-refractivity contribution < 1.29 is 23.1 Å². The SMILES string of the molecule is O=C(NCCC(O)c1ccsc1)c1ccccc1C(F)(F)F. The van der Waals surface area contributed by atoms with E-state index in [0.717, 1.165) is 17.7 Å². The molecule has 7 heteroatoms. The Hall–Kier alpha value is -1.86. The summed E-state index contributed by atoms with van der Waals surface area (Å²) in [4.78, 5) is 11.9. The Morgan fingerprint density at radius 1 is 1.27 bits per heavy atom. The van der Waals surface area contributed by atoms with E-state index in [4.69, 9.17) is 0 Å². The third-order valence-corrected chi connectivity index (χ3v) is 3.81. The molecule has 1 aromatic carbocycles. The average Bonchev–Trinajstić information content (AvgIpc) is 3.00. The topological polar surface area (TPSA) is 49.3 Å². The summed E-state index contributed by atoms with van der Waals surface area (Å²) in [5.41, 5.74) is -0.652. The van der Waals surface area contributed by atoms with Crippen LogP contribution in [0.2, 0.25) is 0 Å². The van der Waals surface area contributed by atoms with Crippen LogP contribution in [0.1, 0.15) is 34.0 Å². The van der Waals surface area contributed by atoms with Gasteiger partial charge in [-0.2, -0.15) is 24.5 Å². The van der Waals surface area contributed by atoms with Crippen molar-refractivity contribution in [3.8, 4) is 0 Å². The summed E-state index contributed by atoms with van der Waals surface area (Å²) >= 11 is 1.44. The molecule has 2 aromatic rings. The highest BCUT2D eigenvalue weighted by molar-refractivity contribution is 7.07. The van der Waals surface area contributed by atoms with Crippen molar-refractivity contribution in [2.24, 2.45) is 0 Å². The maximum Gasteiger partial charge on any atom is 0.417 e. The van der Waals surface area contributed by atoms with E-state index in [1.165, 1.54) is 23.5 Å². The Morgan fingerprint density at radius 2 is 2.00 bits per heavy atom. The van der Waals surface area contributed by atoms with Crippen LogP contribution in [0, 0.1) is 0 Å². The molecule has 0 saturated carbocycles. The molecule has 1 amide bonds. The second kappa shape index (κ2) is 6.93. The van der Waals surface area contributed by atoms with E-state index in [-0.39, 0.29) is 13.0 Å². The fourth-order valence-corrected chi connectivity index (χ4v) is 2.68. The number of rotatable bonds is 5. The minimum atomic E-state index is -4.58. The third-order valence-electron chi connectivity index (χ3n) is 3.11. The summed E-state index contributed by atoms with van der Waals surface area (Å²) in [5.74, 6) is -0.801. The number of alkyl halides is 3. The van der Waals surface area contributed by atoms with Crippen LogP contribution in [0.15, 0.2) is 41.1 Å². The molecular weight excluding hydrogens is 315 g/mol. The van der Waals surface area contributed by atoms with Crippen molar-refractivity contribution in [1.29, 1.82) is 0 Å². The number of halogens is 3. The van der Waals surface area contributed by atoms with Gasteiger partial charge in [-0.05, 0) is 40.9 Å². The maximum absolute atomic E-state index is 12.8. The molecular formula is C15H14F3NO2S. The summed E-state index contributed by atoms with van der Waals surface area (Å²) < 4.78 is 38.5. The fourth-order valence-electron chi connectivity index (χ4n) is 1.98. The number of benzene rings is 1. The molecule has 1 heterocycles. The molecule has 1 atom stereocenters. The van der Waals surface area contributed by atoms with Gasteiger partial charge in [-0.25, -0.2) is 0 Å². The largest absolute Gasteiger partial charge is 0.417 e. The third kappa shape index (κ3) is 4.08. The predicted octanol–water partition coefficient (Wildman–Crippen LogP) is 3.62. The van der Waals surface area contributed by atoms with Crippen molar-refractivity contribution in [1.82, 2.24) is 5.32 Å². The lowest BCUT2D eigenvalue weighted by molar-refractivity contribution is -0.137. The van der Waals surface area contributed by atoms with E-state index in [0.29, 0.717) is 0 Å². The molecule has 1 aromatic heterocycles. The standard InChI is InChI=1S/C15H14F3NO2S/c16-15(17,18)12-4-2-1-3-11(12)14(21)19-7-5-13(20)10-6-8-22-9-10/h1-4,6,8-9,13,20H,5,7H2,(H,19,21). The lowest BCUT2D eigenvalue weighted by Gasteiger charge is -2.13. The van der Waals surface area contributed by atoms with Gasteiger partial charge >= 0.3 is 6.18 Å². The first-order valence-electron chi connectivity index (χ1n) is 6.54. The van der Waals surface area contributed by atoms with Crippen molar-refractivity contribution >= 4 is 17.2 Å². The first kappa shape index (κ1) is 16.5. The molecule has 1 unspecified atom stereocenters. The van der Waals surface area contributed by atoms with Crippen LogP contribution in [0.3, 0.4) is 0 Å². The van der Waals surface area contributed by atoms with Crippen LogP contribution in [0.4, 0.5) is 13.2 Å². The number of hydrogen-bond donors (Lipinski definition) is 2. The number of hydrogen-bond acceptors (Lipinski definition) is 3. The number of amides is 1. The van der Waals surface area contributed by atoms with Gasteiger partial charge in [0.1, 0.15) is 0 Å². The zero-order valence-corrected chi connectivity index (χ0v) is 12.2. The molecule has 0 aliphatic carbocycles. The Balaban J connectivity index is 1.96. The highest BCUT2D eigenvalue weighted by atomic mass is 32.1. The highest BCUT2D eigenvalue weighted by Crippen LogP contribution is 2.31. The first-order chi connectivity index (χ1) is 10.4. The smallest absolute Gasteiger partial charge is 0.388 e. The molecule has 0 bridgehead atoms. The minimum absolute atomic E-state index is 0.0854. The Kier molecular flexibility index (Phi) is 5.20. The zero-order valence-electron chi connectivity index (χ0n) is 11.4. The fraction of sp³-hybridized carbons (Fsp3) is 0.267. The molecule has 0 spiro atoms. The number of nitrogens with one attached hydrogen (secondary N) is 1. The van der Waals surface area contributed by atoms with E-state index >= 15 is 0 Å². The summed E-state index contributed by atoms with van der Waals surface area (Å²) in [5, 5.41) is 15.9. The second-order valence-corrected chi connectivity index (χ2v) is 5.44. The normalized spacial score (nSPS) is 12.9. The predicted molar refractivity (Wildman–Crippen MR) is 77.7 cm³/mol. The summed E-state index contributed by atoms with van der Waals surface area (Å²) in [7, 11) is 0. The molecule has 2 N–H and O–H groups in total. The molecule has 0 aliphatic heterocycles. The summed E-state index contributed by atoms with van der Waals surface area (Å²) in [6.45, 7) is 0.0854. The number of thiophene rings is 1. The quantitative estimate of drug-likeness (QED) is 0.880. The van der Waals surface area contributed by atoms with Gasteiger partial charge in [-0.15, -0.1) is 0 Å². The van der Waals surface area contributed by atoms with Crippen molar-refractivity contribution in [3.63, 3.8) is 0 Å². The van der Waals surface area contributed by atoms with Crippen LogP contribution in [0.25, 0.3) is 0 Å². The van der Waals surface area contributed by atoms with E-state index < -0.39 is 29.3 Å². The summed E-state index contributed by atoms with van der Waals surface area (Å²) in [6.07, 6.45) is -5.09. The number of aliphatic hydroxyl groups is 1. The van der Waals surface area contributed by atoms with Gasteiger partial charge in [0.05, 0.1) is 17.2 Å². The second-order valence-electron chi connectivity index (χ2n) is 4.66. The van der Waals surface area contributed by atoms with Gasteiger partial charge in [0.2, 0.25) is 0 Å². The van der Waals surface area contributed by atoms with E-state index in [1.807, 2.05) is 5.38 Å². The van der Waals surface area contributed by atoms with Gasteiger partial charge in [0, 0.05) is 6.54 Å². The van der Waals surface area contributed by atoms with Crippen LogP contribution < -0.4 is 5.32 Å². The lowest BCUT2D eigenvalue weighted by Crippen LogP contribution is -2.28. The van der Waals surface area contributed by atoms with Gasteiger partial charge in [0.15, 0.2) is 0 Å². The van der Waals surface area contributed by atoms with Gasteiger partial charge in [-0.1, -0.05) is 12.1 Å². The van der Waals surface area contributed by atoms with Gasteiger partial charge in [0.25, 0.3) is 5.91 Å². The number of aliphatic hydroxyl groups excluding tert-OH is 1. The lowest BCUT2D eigenvalue weighted by atomic mass is 10.1. The minimum Gasteiger partial charge on any atom is -0.388 e. The Morgan fingerprint density at radius 3 is 2.64 bits per heavy atom. The Labute approximate surface area is 129 Å². The molecule has 3 nitrogen and oxygen atoms in total. The van der Waals surface area contributed by atoms with Gasteiger partial charge in [-0.3, -0.25) is 4.79 Å². The van der Waals surface area contributed by atoms with Crippen molar-refractivity contribution in [2.75, 3.05) is 6.54 Å². The van der Waals surface area contributed by atoms with E-state index in [2.05, 4.69) is 5.32 Å². The molecule has 0 saturated heterocycles. The first-order valence-corrected chi connectivity index (χ1v) is 7.48. The van der Waals surface area contributed by atoms with Crippen LogP contribution >= 0.6 is 11.3 Å². The molecule has 0 aliphatic rings. The average molecular weight is 329 g/mol. The molecule has 0 radical (unpaired) electrons. The van der Waals surface area contributed by atoms with Crippen LogP contribution in [-0.4, -0.2) is 17.6 Å². The van der Waals surface area contributed by atoms with Crippen molar-refractivity contribution in [3.05, 3.63) is 57.8 Å². The van der Waals surface area contributed by atoms with Crippen molar-refractivity contribution in [2.45, 2.75) is 18.7 Å². The highest BCUT2D eigenvalue weighted by Gasteiger charge is 2.34. The Bertz CT molecular complexity index is 626. The van der Waals surface area contributed by atoms with E-state index in [1.54, 1.807) is 11.4 Å². The number of carbonyl (C=O) groups excluding carboxylic acids is 1. The molecule has 0 fully saturated rings. The molecule has 2 rings (SSSR count). The monoisotopic (exact) mass is 329 g/mol. The van der Waals surface area contributed by atoms with E-state index in [9.17, 15) is 23.1 Å². The zero-order chi connectivity index (χ0) is 16.2. The number of carbonyl (C=O) groups is 1. The van der Waals surface area contributed by atoms with Crippen LogP contribution in [-0.2, 0) is 6.18 Å². The maximum atomic E-state index is 12.8. The van der Waals surface area contributed by atoms with Gasteiger partial charge < -0.3 is 10.4 Å².